The summed E-state index contributed by atoms with van der Waals surface area (Å²) in [6, 6.07) is 7.76. The summed E-state index contributed by atoms with van der Waals surface area (Å²) in [6.07, 6.45) is 1.26. The van der Waals surface area contributed by atoms with Crippen LogP contribution >= 0.6 is 0 Å². The highest BCUT2D eigenvalue weighted by molar-refractivity contribution is 7.90. The quantitative estimate of drug-likeness (QED) is 0.843. The number of rotatable bonds is 4. The topological polar surface area (TPSA) is 60.2 Å². The second-order valence-electron chi connectivity index (χ2n) is 3.94. The van der Waals surface area contributed by atoms with Crippen LogP contribution in [-0.2, 0) is 16.4 Å². The van der Waals surface area contributed by atoms with Crippen LogP contribution in [0.15, 0.2) is 24.3 Å². The van der Waals surface area contributed by atoms with Gasteiger partial charge in [-0.2, -0.15) is 0 Å². The van der Waals surface area contributed by atoms with Crippen LogP contribution in [0.2, 0.25) is 0 Å². The Morgan fingerprint density at radius 2 is 1.80 bits per heavy atom. The van der Waals surface area contributed by atoms with Crippen molar-refractivity contribution in [3.63, 3.8) is 0 Å². The fourth-order valence-electron chi connectivity index (χ4n) is 1.53. The van der Waals surface area contributed by atoms with Crippen molar-refractivity contribution in [3.05, 3.63) is 35.4 Å². The lowest BCUT2D eigenvalue weighted by Gasteiger charge is -2.10. The molecule has 0 aliphatic carbocycles. The van der Waals surface area contributed by atoms with Crippen molar-refractivity contribution >= 4 is 9.84 Å². The molecular weight excluding hydrogens is 210 g/mol. The molecule has 0 amide bonds. The normalized spacial score (nSPS) is 13.8. The molecule has 4 heteroatoms. The summed E-state index contributed by atoms with van der Waals surface area (Å²) < 4.78 is 22.2. The standard InChI is InChI=1S/C11H17NO2S/c1-9(8-15(2,13)14)11-5-3-10(7-12)4-6-11/h3-6,9H,7-8,12H2,1-2H3. The Morgan fingerprint density at radius 1 is 1.27 bits per heavy atom. The minimum Gasteiger partial charge on any atom is -0.326 e. The zero-order valence-electron chi connectivity index (χ0n) is 9.10. The van der Waals surface area contributed by atoms with E-state index in [9.17, 15) is 8.42 Å². The second kappa shape index (κ2) is 4.77. The Hall–Kier alpha value is -0.870. The maximum Gasteiger partial charge on any atom is 0.148 e. The molecule has 0 radical (unpaired) electrons. The summed E-state index contributed by atoms with van der Waals surface area (Å²) in [6.45, 7) is 2.43. The minimum absolute atomic E-state index is 0.0341. The van der Waals surface area contributed by atoms with Gasteiger partial charge < -0.3 is 5.73 Å². The zero-order valence-corrected chi connectivity index (χ0v) is 9.92. The lowest BCUT2D eigenvalue weighted by Crippen LogP contribution is -2.10. The van der Waals surface area contributed by atoms with Gasteiger partial charge in [-0.15, -0.1) is 0 Å². The van der Waals surface area contributed by atoms with Crippen molar-refractivity contribution in [2.75, 3.05) is 12.0 Å². The van der Waals surface area contributed by atoms with Gasteiger partial charge in [-0.3, -0.25) is 0 Å². The van der Waals surface area contributed by atoms with Gasteiger partial charge in [0.25, 0.3) is 0 Å². The Labute approximate surface area is 91.2 Å². The van der Waals surface area contributed by atoms with Gasteiger partial charge in [0.15, 0.2) is 0 Å². The third kappa shape index (κ3) is 4.01. The van der Waals surface area contributed by atoms with E-state index in [1.165, 1.54) is 6.26 Å². The molecule has 1 unspecified atom stereocenters. The maximum absolute atomic E-state index is 11.1. The molecule has 2 N–H and O–H groups in total. The van der Waals surface area contributed by atoms with Crippen LogP contribution in [0.25, 0.3) is 0 Å². The molecule has 84 valence electrons. The molecule has 0 aliphatic heterocycles. The van der Waals surface area contributed by atoms with Crippen molar-refractivity contribution in [1.29, 1.82) is 0 Å². The predicted molar refractivity (Wildman–Crippen MR) is 62.5 cm³/mol. The van der Waals surface area contributed by atoms with Gasteiger partial charge in [0.05, 0.1) is 5.75 Å². The van der Waals surface area contributed by atoms with Crippen LogP contribution in [0.4, 0.5) is 0 Å². The van der Waals surface area contributed by atoms with Crippen LogP contribution in [0.5, 0.6) is 0 Å². The number of benzene rings is 1. The summed E-state index contributed by atoms with van der Waals surface area (Å²) in [5.41, 5.74) is 7.58. The van der Waals surface area contributed by atoms with Crippen LogP contribution in [-0.4, -0.2) is 20.4 Å². The van der Waals surface area contributed by atoms with Crippen molar-refractivity contribution in [2.24, 2.45) is 5.73 Å². The van der Waals surface area contributed by atoms with E-state index in [1.807, 2.05) is 31.2 Å². The van der Waals surface area contributed by atoms with E-state index in [1.54, 1.807) is 0 Å². The number of hydrogen-bond donors (Lipinski definition) is 1. The minimum atomic E-state index is -2.91. The Bertz CT molecular complexity index is 409. The van der Waals surface area contributed by atoms with Gasteiger partial charge in [-0.1, -0.05) is 31.2 Å². The first-order chi connectivity index (χ1) is 6.92. The van der Waals surface area contributed by atoms with E-state index in [-0.39, 0.29) is 11.7 Å². The van der Waals surface area contributed by atoms with Gasteiger partial charge in [-0.25, -0.2) is 8.42 Å². The second-order valence-corrected chi connectivity index (χ2v) is 6.12. The van der Waals surface area contributed by atoms with Crippen LogP contribution in [0.1, 0.15) is 24.0 Å². The monoisotopic (exact) mass is 227 g/mol. The van der Waals surface area contributed by atoms with Gasteiger partial charge in [0.2, 0.25) is 0 Å². The predicted octanol–water partition coefficient (Wildman–Crippen LogP) is 1.29. The molecule has 15 heavy (non-hydrogen) atoms. The molecule has 0 bridgehead atoms. The third-order valence-electron chi connectivity index (χ3n) is 2.34. The summed E-state index contributed by atoms with van der Waals surface area (Å²) >= 11 is 0. The molecule has 1 atom stereocenters. The molecule has 0 saturated carbocycles. The largest absolute Gasteiger partial charge is 0.326 e. The Balaban J connectivity index is 2.78. The van der Waals surface area contributed by atoms with Gasteiger partial charge in [0.1, 0.15) is 9.84 Å². The molecule has 0 fully saturated rings. The lowest BCUT2D eigenvalue weighted by molar-refractivity contribution is 0.596. The Morgan fingerprint density at radius 3 is 2.20 bits per heavy atom. The number of nitrogens with two attached hydrogens (primary N) is 1. The fraction of sp³-hybridized carbons (Fsp3) is 0.455. The molecule has 0 aromatic heterocycles. The van der Waals surface area contributed by atoms with Gasteiger partial charge in [0, 0.05) is 12.8 Å². The molecule has 1 aromatic carbocycles. The lowest BCUT2D eigenvalue weighted by atomic mass is 10.0. The molecule has 0 saturated heterocycles. The first-order valence-corrected chi connectivity index (χ1v) is 6.95. The summed E-state index contributed by atoms with van der Waals surface area (Å²) in [7, 11) is -2.91. The van der Waals surface area contributed by atoms with E-state index < -0.39 is 9.84 Å². The average Bonchev–Trinajstić information content (AvgIpc) is 2.15. The summed E-state index contributed by atoms with van der Waals surface area (Å²) in [4.78, 5) is 0. The molecule has 3 nitrogen and oxygen atoms in total. The Kier molecular flexibility index (Phi) is 3.88. The third-order valence-corrected chi connectivity index (χ3v) is 3.44. The van der Waals surface area contributed by atoms with Crippen molar-refractivity contribution in [2.45, 2.75) is 19.4 Å². The molecule has 1 aromatic rings. The SMILES string of the molecule is CC(CS(C)(=O)=O)c1ccc(CN)cc1. The van der Waals surface area contributed by atoms with E-state index in [2.05, 4.69) is 0 Å². The van der Waals surface area contributed by atoms with E-state index in [4.69, 9.17) is 5.73 Å². The summed E-state index contributed by atoms with van der Waals surface area (Å²) in [5, 5.41) is 0. The van der Waals surface area contributed by atoms with Crippen LogP contribution < -0.4 is 5.73 Å². The van der Waals surface area contributed by atoms with E-state index >= 15 is 0 Å². The number of hydrogen-bond acceptors (Lipinski definition) is 3. The van der Waals surface area contributed by atoms with Gasteiger partial charge in [-0.05, 0) is 17.0 Å². The highest BCUT2D eigenvalue weighted by Gasteiger charge is 2.12. The molecule has 0 spiro atoms. The molecular formula is C11H17NO2S. The van der Waals surface area contributed by atoms with E-state index in [0.29, 0.717) is 6.54 Å². The van der Waals surface area contributed by atoms with Crippen LogP contribution in [0.3, 0.4) is 0 Å². The first kappa shape index (κ1) is 12.2. The van der Waals surface area contributed by atoms with Crippen molar-refractivity contribution < 1.29 is 8.42 Å². The average molecular weight is 227 g/mol. The highest BCUT2D eigenvalue weighted by Crippen LogP contribution is 2.17. The van der Waals surface area contributed by atoms with E-state index in [0.717, 1.165) is 11.1 Å². The molecule has 1 rings (SSSR count). The van der Waals surface area contributed by atoms with Crippen LogP contribution in [0, 0.1) is 0 Å². The smallest absolute Gasteiger partial charge is 0.148 e. The van der Waals surface area contributed by atoms with Crippen molar-refractivity contribution in [3.8, 4) is 0 Å². The first-order valence-electron chi connectivity index (χ1n) is 4.89. The fourth-order valence-corrected chi connectivity index (χ4v) is 2.63. The zero-order chi connectivity index (χ0) is 11.5. The van der Waals surface area contributed by atoms with Crippen molar-refractivity contribution in [1.82, 2.24) is 0 Å². The maximum atomic E-state index is 11.1. The molecule has 0 heterocycles. The molecule has 0 aliphatic rings. The number of sulfone groups is 1. The highest BCUT2D eigenvalue weighted by atomic mass is 32.2. The summed E-state index contributed by atoms with van der Waals surface area (Å²) in [5.74, 6) is 0.224. The van der Waals surface area contributed by atoms with Gasteiger partial charge >= 0.3 is 0 Å².